The number of hydrogen-bond acceptors (Lipinski definition) is 5. The highest BCUT2D eigenvalue weighted by Crippen LogP contribution is 2.26. The normalized spacial score (nSPS) is 11.2. The maximum absolute atomic E-state index is 13.2. The van der Waals surface area contributed by atoms with Gasteiger partial charge in [0.25, 0.3) is 5.56 Å². The molecule has 4 rings (SSSR count). The molecule has 0 aliphatic rings. The third-order valence-corrected chi connectivity index (χ3v) is 5.39. The van der Waals surface area contributed by atoms with Gasteiger partial charge in [-0.1, -0.05) is 23.5 Å². The minimum atomic E-state index is -0.335. The Labute approximate surface area is 163 Å². The molecule has 2 heterocycles. The van der Waals surface area contributed by atoms with E-state index in [1.807, 2.05) is 19.1 Å². The third kappa shape index (κ3) is 3.63. The molecule has 2 aromatic carbocycles. The molecule has 0 spiro atoms. The highest BCUT2D eigenvalue weighted by molar-refractivity contribution is 7.22. The molecule has 28 heavy (non-hydrogen) atoms. The number of thiazole rings is 1. The fraction of sp³-hybridized carbons (Fsp3) is 0.200. The van der Waals surface area contributed by atoms with Gasteiger partial charge in [0, 0.05) is 13.0 Å². The number of fused-ring (bicyclic) bond motifs is 2. The summed E-state index contributed by atoms with van der Waals surface area (Å²) in [7, 11) is 0. The molecule has 0 saturated heterocycles. The van der Waals surface area contributed by atoms with Crippen molar-refractivity contribution in [2.45, 2.75) is 26.3 Å². The summed E-state index contributed by atoms with van der Waals surface area (Å²) in [6.45, 7) is 2.31. The number of aryl methyl sites for hydroxylation is 2. The second-order valence-corrected chi connectivity index (χ2v) is 7.53. The van der Waals surface area contributed by atoms with Gasteiger partial charge < -0.3 is 5.32 Å². The van der Waals surface area contributed by atoms with E-state index in [-0.39, 0.29) is 23.7 Å². The lowest BCUT2D eigenvalue weighted by atomic mass is 10.1. The smallest absolute Gasteiger partial charge is 0.261 e. The van der Waals surface area contributed by atoms with Crippen molar-refractivity contribution in [1.82, 2.24) is 14.5 Å². The van der Waals surface area contributed by atoms with Crippen molar-refractivity contribution in [1.29, 1.82) is 0 Å². The van der Waals surface area contributed by atoms with E-state index < -0.39 is 0 Å². The van der Waals surface area contributed by atoms with Gasteiger partial charge in [0.1, 0.15) is 5.82 Å². The SMILES string of the molecule is Cc1cccc2c(=O)n(CCCC(=O)Nc3nc4ccc(F)cc4s3)cnc12. The Hall–Kier alpha value is -3.13. The van der Waals surface area contributed by atoms with Gasteiger partial charge in [0.2, 0.25) is 5.91 Å². The zero-order valence-corrected chi connectivity index (χ0v) is 15.9. The van der Waals surface area contributed by atoms with Crippen molar-refractivity contribution in [3.05, 3.63) is 64.5 Å². The average molecular weight is 396 g/mol. The highest BCUT2D eigenvalue weighted by atomic mass is 32.1. The largest absolute Gasteiger partial charge is 0.302 e. The molecule has 0 aliphatic carbocycles. The van der Waals surface area contributed by atoms with Crippen LogP contribution in [-0.2, 0) is 11.3 Å². The lowest BCUT2D eigenvalue weighted by molar-refractivity contribution is -0.116. The second-order valence-electron chi connectivity index (χ2n) is 6.50. The van der Waals surface area contributed by atoms with E-state index in [2.05, 4.69) is 15.3 Å². The Morgan fingerprint density at radius 3 is 3.00 bits per heavy atom. The first kappa shape index (κ1) is 18.2. The molecule has 0 aliphatic heterocycles. The minimum Gasteiger partial charge on any atom is -0.302 e. The number of para-hydroxylation sites is 1. The number of carbonyl (C=O) groups is 1. The number of halogens is 1. The molecule has 0 fully saturated rings. The van der Waals surface area contributed by atoms with Gasteiger partial charge in [-0.05, 0) is 43.2 Å². The van der Waals surface area contributed by atoms with Crippen LogP contribution in [0.15, 0.2) is 47.5 Å². The maximum atomic E-state index is 13.2. The third-order valence-electron chi connectivity index (χ3n) is 4.45. The van der Waals surface area contributed by atoms with Crippen LogP contribution in [-0.4, -0.2) is 20.4 Å². The van der Waals surface area contributed by atoms with Crippen molar-refractivity contribution in [2.24, 2.45) is 0 Å². The summed E-state index contributed by atoms with van der Waals surface area (Å²) >= 11 is 1.23. The average Bonchev–Trinajstić information content (AvgIpc) is 3.05. The monoisotopic (exact) mass is 396 g/mol. The topological polar surface area (TPSA) is 76.9 Å². The molecule has 0 saturated carbocycles. The van der Waals surface area contributed by atoms with Gasteiger partial charge in [0.15, 0.2) is 5.13 Å². The number of anilines is 1. The summed E-state index contributed by atoms with van der Waals surface area (Å²) in [5.41, 5.74) is 2.19. The summed E-state index contributed by atoms with van der Waals surface area (Å²) in [5, 5.41) is 3.75. The maximum Gasteiger partial charge on any atom is 0.261 e. The number of amides is 1. The number of benzene rings is 2. The summed E-state index contributed by atoms with van der Waals surface area (Å²) in [6.07, 6.45) is 2.25. The van der Waals surface area contributed by atoms with Crippen molar-refractivity contribution < 1.29 is 9.18 Å². The Bertz CT molecular complexity index is 1250. The van der Waals surface area contributed by atoms with Gasteiger partial charge in [-0.2, -0.15) is 0 Å². The van der Waals surface area contributed by atoms with Crippen LogP contribution in [0.2, 0.25) is 0 Å². The predicted molar refractivity (Wildman–Crippen MR) is 108 cm³/mol. The van der Waals surface area contributed by atoms with Crippen LogP contribution < -0.4 is 10.9 Å². The van der Waals surface area contributed by atoms with E-state index in [0.717, 1.165) is 5.56 Å². The highest BCUT2D eigenvalue weighted by Gasteiger charge is 2.10. The number of aromatic nitrogens is 3. The summed E-state index contributed by atoms with van der Waals surface area (Å²) in [4.78, 5) is 33.4. The molecule has 0 atom stereocenters. The van der Waals surface area contributed by atoms with Gasteiger partial charge in [-0.3, -0.25) is 14.2 Å². The Morgan fingerprint density at radius 1 is 1.29 bits per heavy atom. The molecule has 0 unspecified atom stereocenters. The zero-order chi connectivity index (χ0) is 19.7. The van der Waals surface area contributed by atoms with Crippen LogP contribution in [0.5, 0.6) is 0 Å². The van der Waals surface area contributed by atoms with Crippen LogP contribution in [0.1, 0.15) is 18.4 Å². The predicted octanol–water partition coefficient (Wildman–Crippen LogP) is 3.87. The first-order valence-electron chi connectivity index (χ1n) is 8.82. The van der Waals surface area contributed by atoms with Gasteiger partial charge in [-0.15, -0.1) is 0 Å². The quantitative estimate of drug-likeness (QED) is 0.556. The summed E-state index contributed by atoms with van der Waals surface area (Å²) in [6, 6.07) is 9.82. The first-order valence-corrected chi connectivity index (χ1v) is 9.63. The number of rotatable bonds is 5. The van der Waals surface area contributed by atoms with Gasteiger partial charge in [0.05, 0.1) is 27.4 Å². The van der Waals surface area contributed by atoms with E-state index >= 15 is 0 Å². The molecular formula is C20H17FN4O2S. The second kappa shape index (κ2) is 7.47. The standard InChI is InChI=1S/C20H17FN4O2S/c1-12-4-2-5-14-18(12)22-11-25(19(14)27)9-3-6-17(26)24-20-23-15-8-7-13(21)10-16(15)28-20/h2,4-5,7-8,10-11H,3,6,9H2,1H3,(H,23,24,26). The Kier molecular flexibility index (Phi) is 4.87. The molecule has 0 radical (unpaired) electrons. The van der Waals surface area contributed by atoms with Crippen LogP contribution in [0.25, 0.3) is 21.1 Å². The van der Waals surface area contributed by atoms with Crippen molar-refractivity contribution in [2.75, 3.05) is 5.32 Å². The fourth-order valence-corrected chi connectivity index (χ4v) is 3.95. The molecule has 6 nitrogen and oxygen atoms in total. The van der Waals surface area contributed by atoms with E-state index in [4.69, 9.17) is 0 Å². The lowest BCUT2D eigenvalue weighted by Gasteiger charge is -2.07. The number of nitrogens with zero attached hydrogens (tertiary/aromatic N) is 3. The molecule has 142 valence electrons. The van der Waals surface area contributed by atoms with E-state index in [1.54, 1.807) is 12.1 Å². The van der Waals surface area contributed by atoms with Gasteiger partial charge in [-0.25, -0.2) is 14.4 Å². The van der Waals surface area contributed by atoms with Crippen molar-refractivity contribution in [3.63, 3.8) is 0 Å². The van der Waals surface area contributed by atoms with E-state index in [9.17, 15) is 14.0 Å². The number of nitrogens with one attached hydrogen (secondary N) is 1. The molecule has 4 aromatic rings. The molecular weight excluding hydrogens is 379 g/mol. The zero-order valence-electron chi connectivity index (χ0n) is 15.1. The minimum absolute atomic E-state index is 0.109. The van der Waals surface area contributed by atoms with Crippen LogP contribution in [0.3, 0.4) is 0 Å². The number of carbonyl (C=O) groups excluding carboxylic acids is 1. The van der Waals surface area contributed by atoms with Crippen LogP contribution in [0.4, 0.5) is 9.52 Å². The number of hydrogen-bond donors (Lipinski definition) is 1. The molecule has 8 heteroatoms. The van der Waals surface area contributed by atoms with Crippen molar-refractivity contribution >= 4 is 43.5 Å². The fourth-order valence-electron chi connectivity index (χ4n) is 3.04. The van der Waals surface area contributed by atoms with Crippen LogP contribution in [0, 0.1) is 12.7 Å². The van der Waals surface area contributed by atoms with E-state index in [1.165, 1.54) is 34.4 Å². The summed E-state index contributed by atoms with van der Waals surface area (Å²) in [5.74, 6) is -0.532. The van der Waals surface area contributed by atoms with Gasteiger partial charge >= 0.3 is 0 Å². The Balaban J connectivity index is 1.39. The molecule has 1 N–H and O–H groups in total. The molecule has 1 amide bonds. The van der Waals surface area contributed by atoms with Crippen molar-refractivity contribution in [3.8, 4) is 0 Å². The van der Waals surface area contributed by atoms with E-state index in [0.29, 0.717) is 39.2 Å². The lowest BCUT2D eigenvalue weighted by Crippen LogP contribution is -2.22. The van der Waals surface area contributed by atoms with Crippen LogP contribution >= 0.6 is 11.3 Å². The molecule has 2 aromatic heterocycles. The molecule has 0 bridgehead atoms. The Morgan fingerprint density at radius 2 is 2.14 bits per heavy atom. The first-order chi connectivity index (χ1) is 13.5. The summed E-state index contributed by atoms with van der Waals surface area (Å²) < 4.78 is 15.5.